The molecule has 0 radical (unpaired) electrons. The topological polar surface area (TPSA) is 140 Å². The first-order chi connectivity index (χ1) is 18.8. The van der Waals surface area contributed by atoms with Crippen molar-refractivity contribution >= 4 is 18.2 Å². The van der Waals surface area contributed by atoms with Crippen molar-refractivity contribution in [1.29, 1.82) is 0 Å². The second kappa shape index (κ2) is 13.9. The molecule has 2 atom stereocenters. The van der Waals surface area contributed by atoms with Crippen LogP contribution in [0.2, 0.25) is 0 Å². The number of urea groups is 1. The largest absolute Gasteiger partial charge is 0.496 e. The Morgan fingerprint density at radius 1 is 1.18 bits per heavy atom. The molecule has 0 saturated heterocycles. The summed E-state index contributed by atoms with van der Waals surface area (Å²) in [5.74, 6) is 0.952. The van der Waals surface area contributed by atoms with Crippen molar-refractivity contribution in [2.24, 2.45) is 5.10 Å². The molecule has 0 spiro atoms. The summed E-state index contributed by atoms with van der Waals surface area (Å²) in [7, 11) is 2.89. The summed E-state index contributed by atoms with van der Waals surface area (Å²) in [5, 5.41) is 19.8. The van der Waals surface area contributed by atoms with Crippen LogP contribution in [0.4, 0.5) is 4.79 Å². The number of ether oxygens (including phenoxy) is 4. The first kappa shape index (κ1) is 29.1. The van der Waals surface area contributed by atoms with Crippen LogP contribution < -0.4 is 30.3 Å². The van der Waals surface area contributed by atoms with E-state index in [0.717, 1.165) is 16.9 Å². The molecule has 1 heterocycles. The minimum absolute atomic E-state index is 0.127. The number of carbonyl (C=O) groups is 2. The summed E-state index contributed by atoms with van der Waals surface area (Å²) in [4.78, 5) is 24.5. The zero-order valence-electron chi connectivity index (χ0n) is 22.4. The molecule has 0 aliphatic carbocycles. The molecule has 0 saturated carbocycles. The predicted octanol–water partition coefficient (Wildman–Crippen LogP) is 2.94. The van der Waals surface area contributed by atoms with E-state index in [2.05, 4.69) is 27.7 Å². The summed E-state index contributed by atoms with van der Waals surface area (Å²) in [6.07, 6.45) is 2.91. The minimum atomic E-state index is -1.11. The van der Waals surface area contributed by atoms with Gasteiger partial charge in [0.25, 0.3) is 0 Å². The fourth-order valence-electron chi connectivity index (χ4n) is 4.01. The van der Waals surface area contributed by atoms with Crippen molar-refractivity contribution in [2.45, 2.75) is 32.5 Å². The van der Waals surface area contributed by atoms with Crippen molar-refractivity contribution < 1.29 is 33.6 Å². The van der Waals surface area contributed by atoms with Gasteiger partial charge >= 0.3 is 12.0 Å². The zero-order valence-corrected chi connectivity index (χ0v) is 22.4. The predicted molar refractivity (Wildman–Crippen MR) is 146 cm³/mol. The maximum atomic E-state index is 12.4. The molecule has 0 unspecified atom stereocenters. The van der Waals surface area contributed by atoms with Crippen molar-refractivity contribution in [3.8, 4) is 17.2 Å². The number of amides is 2. The average Bonchev–Trinajstić information content (AvgIpc) is 2.92. The van der Waals surface area contributed by atoms with E-state index in [1.54, 1.807) is 44.5 Å². The molecule has 39 heavy (non-hydrogen) atoms. The van der Waals surface area contributed by atoms with Crippen LogP contribution >= 0.6 is 0 Å². The highest BCUT2D eigenvalue weighted by molar-refractivity contribution is 5.95. The Labute approximate surface area is 227 Å². The summed E-state index contributed by atoms with van der Waals surface area (Å²) >= 11 is 0. The number of hydrogen-bond acceptors (Lipinski definition) is 9. The van der Waals surface area contributed by atoms with Gasteiger partial charge < -0.3 is 34.7 Å². The standard InChI is InChI=1S/C28H34N4O7/c1-6-8-19-13-18(9-11-21(19)36-4)15-29-32-24(33)16-39-22-12-10-20(14-23(22)38-7-2)26-25(27(34)37-5)17(3)30-28(35)31-26/h6,9-15,24,26,32-33H,1,7-8,16H2,2-5H3,(H2,30,31,35)/b29-15-/t24-,26-/m1/s1. The first-order valence-electron chi connectivity index (χ1n) is 12.3. The van der Waals surface area contributed by atoms with E-state index in [-0.39, 0.29) is 12.2 Å². The van der Waals surface area contributed by atoms with Crippen LogP contribution in [0.3, 0.4) is 0 Å². The molecule has 2 amide bonds. The number of hydrogen-bond donors (Lipinski definition) is 4. The van der Waals surface area contributed by atoms with Gasteiger partial charge in [-0.3, -0.25) is 5.43 Å². The van der Waals surface area contributed by atoms with Crippen molar-refractivity contribution in [1.82, 2.24) is 16.1 Å². The first-order valence-corrected chi connectivity index (χ1v) is 12.3. The number of rotatable bonds is 13. The van der Waals surface area contributed by atoms with Gasteiger partial charge in [-0.2, -0.15) is 5.10 Å². The molecule has 2 aromatic carbocycles. The van der Waals surface area contributed by atoms with E-state index in [1.807, 2.05) is 25.1 Å². The summed E-state index contributed by atoms with van der Waals surface area (Å²) < 4.78 is 21.8. The second-order valence-corrected chi connectivity index (χ2v) is 8.48. The normalized spacial score (nSPS) is 15.7. The third kappa shape index (κ3) is 7.51. The lowest BCUT2D eigenvalue weighted by Gasteiger charge is -2.28. The van der Waals surface area contributed by atoms with Gasteiger partial charge in [0.2, 0.25) is 0 Å². The Hall–Kier alpha value is -4.51. The number of esters is 1. The average molecular weight is 539 g/mol. The maximum Gasteiger partial charge on any atom is 0.337 e. The molecule has 4 N–H and O–H groups in total. The fourth-order valence-corrected chi connectivity index (χ4v) is 4.01. The van der Waals surface area contributed by atoms with Gasteiger partial charge in [0, 0.05) is 5.70 Å². The molecular weight excluding hydrogens is 504 g/mol. The Bertz CT molecular complexity index is 1260. The molecule has 11 heteroatoms. The van der Waals surface area contributed by atoms with Crippen LogP contribution in [0, 0.1) is 0 Å². The van der Waals surface area contributed by atoms with Crippen LogP contribution in [0.1, 0.15) is 36.6 Å². The van der Waals surface area contributed by atoms with Crippen LogP contribution in [-0.2, 0) is 16.0 Å². The smallest absolute Gasteiger partial charge is 0.337 e. The molecule has 3 rings (SSSR count). The van der Waals surface area contributed by atoms with Crippen LogP contribution in [0.25, 0.3) is 0 Å². The van der Waals surface area contributed by atoms with Gasteiger partial charge in [-0.1, -0.05) is 12.1 Å². The van der Waals surface area contributed by atoms with Gasteiger partial charge in [0.1, 0.15) is 12.4 Å². The number of nitrogens with one attached hydrogen (secondary N) is 3. The molecule has 2 aromatic rings. The lowest BCUT2D eigenvalue weighted by atomic mass is 9.95. The second-order valence-electron chi connectivity index (χ2n) is 8.48. The van der Waals surface area contributed by atoms with Crippen LogP contribution in [0.15, 0.2) is 65.4 Å². The van der Waals surface area contributed by atoms with Crippen LogP contribution in [-0.4, -0.2) is 57.0 Å². The number of benzene rings is 2. The number of methoxy groups -OCH3 is 2. The highest BCUT2D eigenvalue weighted by Gasteiger charge is 2.32. The van der Waals surface area contributed by atoms with E-state index in [4.69, 9.17) is 18.9 Å². The molecule has 0 aromatic heterocycles. The highest BCUT2D eigenvalue weighted by atomic mass is 16.5. The Morgan fingerprint density at radius 3 is 2.64 bits per heavy atom. The maximum absolute atomic E-state index is 12.4. The molecule has 1 aliphatic heterocycles. The van der Waals surface area contributed by atoms with Gasteiger partial charge in [-0.25, -0.2) is 9.59 Å². The van der Waals surface area contributed by atoms with Crippen molar-refractivity contribution in [3.63, 3.8) is 0 Å². The Balaban J connectivity index is 1.69. The van der Waals surface area contributed by atoms with E-state index in [9.17, 15) is 14.7 Å². The third-order valence-electron chi connectivity index (χ3n) is 5.78. The number of allylic oxidation sites excluding steroid dienone is 2. The molecule has 11 nitrogen and oxygen atoms in total. The molecule has 0 bridgehead atoms. The lowest BCUT2D eigenvalue weighted by Crippen LogP contribution is -2.45. The van der Waals surface area contributed by atoms with E-state index in [0.29, 0.717) is 35.8 Å². The number of nitrogens with zero attached hydrogens (tertiary/aromatic N) is 1. The SMILES string of the molecule is C=CCc1cc(/C=N\N[C@H](O)COc2ccc([C@H]3NC(=O)NC(C)=C3C(=O)OC)cc2OCC)ccc1OC. The molecule has 0 fully saturated rings. The van der Waals surface area contributed by atoms with E-state index < -0.39 is 24.3 Å². The quantitative estimate of drug-likeness (QED) is 0.100. The van der Waals surface area contributed by atoms with Gasteiger partial charge in [0.05, 0.1) is 38.7 Å². The summed E-state index contributed by atoms with van der Waals surface area (Å²) in [6.45, 7) is 7.42. The van der Waals surface area contributed by atoms with E-state index in [1.165, 1.54) is 7.11 Å². The zero-order chi connectivity index (χ0) is 28.4. The number of hydrazone groups is 1. The summed E-state index contributed by atoms with van der Waals surface area (Å²) in [5.41, 5.74) is 5.69. The summed E-state index contributed by atoms with van der Waals surface area (Å²) in [6, 6.07) is 9.46. The molecule has 1 aliphatic rings. The molecular formula is C28H34N4O7. The van der Waals surface area contributed by atoms with Crippen molar-refractivity contribution in [2.75, 3.05) is 27.4 Å². The third-order valence-corrected chi connectivity index (χ3v) is 5.78. The lowest BCUT2D eigenvalue weighted by molar-refractivity contribution is -0.136. The van der Waals surface area contributed by atoms with Gasteiger partial charge in [-0.05, 0) is 67.3 Å². The van der Waals surface area contributed by atoms with Gasteiger partial charge in [-0.15, -0.1) is 6.58 Å². The Morgan fingerprint density at radius 2 is 1.95 bits per heavy atom. The molecule has 208 valence electrons. The monoisotopic (exact) mass is 538 g/mol. The van der Waals surface area contributed by atoms with Crippen molar-refractivity contribution in [3.05, 3.63) is 77.0 Å². The Kier molecular flexibility index (Phi) is 10.3. The highest BCUT2D eigenvalue weighted by Crippen LogP contribution is 2.35. The van der Waals surface area contributed by atoms with Gasteiger partial charge in [0.15, 0.2) is 17.7 Å². The number of carbonyl (C=O) groups excluding carboxylic acids is 2. The van der Waals surface area contributed by atoms with E-state index >= 15 is 0 Å². The van der Waals surface area contributed by atoms with Crippen LogP contribution in [0.5, 0.6) is 17.2 Å². The number of aliphatic hydroxyl groups is 1. The number of aliphatic hydroxyl groups excluding tert-OH is 1. The fraction of sp³-hybridized carbons (Fsp3) is 0.321. The minimum Gasteiger partial charge on any atom is -0.496 e.